The number of aliphatic carboxylic acids is 1. The summed E-state index contributed by atoms with van der Waals surface area (Å²) in [6.45, 7) is 0. The summed E-state index contributed by atoms with van der Waals surface area (Å²) in [5.41, 5.74) is 0.311. The van der Waals surface area contributed by atoms with E-state index in [1.54, 1.807) is 60.7 Å². The predicted molar refractivity (Wildman–Crippen MR) is 69.3 cm³/mol. The monoisotopic (exact) mass is 256 g/mol. The Kier molecular flexibility index (Phi) is 3.93. The molecular formula is C15H12O4. The van der Waals surface area contributed by atoms with Gasteiger partial charge < -0.3 is 9.84 Å². The number of hydrogen-bond acceptors (Lipinski definition) is 3. The van der Waals surface area contributed by atoms with Gasteiger partial charge in [0.15, 0.2) is 0 Å². The van der Waals surface area contributed by atoms with E-state index in [4.69, 9.17) is 9.84 Å². The van der Waals surface area contributed by atoms with Gasteiger partial charge in [-0.15, -0.1) is 0 Å². The summed E-state index contributed by atoms with van der Waals surface area (Å²) < 4.78 is 5.24. The molecule has 2 rings (SSSR count). The fraction of sp³-hybridized carbons (Fsp3) is 0.0667. The lowest BCUT2D eigenvalue weighted by Gasteiger charge is -2.13. The first kappa shape index (κ1) is 12.8. The van der Waals surface area contributed by atoms with Crippen LogP contribution in [0, 0.1) is 0 Å². The van der Waals surface area contributed by atoms with Gasteiger partial charge in [0.05, 0.1) is 0 Å². The zero-order valence-electron chi connectivity index (χ0n) is 10.0. The van der Waals surface area contributed by atoms with Crippen molar-refractivity contribution >= 4 is 11.8 Å². The molecule has 0 saturated heterocycles. The minimum absolute atomic E-state index is 0.311. The maximum absolute atomic E-state index is 12.1. The molecule has 0 spiro atoms. The lowest BCUT2D eigenvalue weighted by molar-refractivity contribution is -0.142. The average Bonchev–Trinajstić information content (AvgIpc) is 2.46. The Morgan fingerprint density at radius 3 is 1.95 bits per heavy atom. The quantitative estimate of drug-likeness (QED) is 0.659. The Morgan fingerprint density at radius 1 is 0.895 bits per heavy atom. The minimum Gasteiger partial charge on any atom is -0.478 e. The first-order valence-corrected chi connectivity index (χ1v) is 5.72. The number of carbonyl (C=O) groups excluding carboxylic acids is 1. The summed E-state index contributed by atoms with van der Waals surface area (Å²) in [5, 5.41) is 9.12. The Bertz CT molecular complexity index is 563. The second-order valence-corrected chi connectivity index (χ2v) is 3.88. The maximum Gasteiger partial charge on any atom is 0.353 e. The topological polar surface area (TPSA) is 63.6 Å². The average molecular weight is 256 g/mol. The molecule has 2 aromatic rings. The van der Waals surface area contributed by atoms with Gasteiger partial charge in [-0.2, -0.15) is 0 Å². The van der Waals surface area contributed by atoms with Crippen LogP contribution in [0.25, 0.3) is 0 Å². The molecule has 19 heavy (non-hydrogen) atoms. The Labute approximate surface area is 110 Å². The Hall–Kier alpha value is -2.62. The number of Topliss-reactive ketones (excluding diaryl/α,β-unsaturated/α-hetero) is 1. The third-order valence-corrected chi connectivity index (χ3v) is 2.52. The van der Waals surface area contributed by atoms with E-state index in [9.17, 15) is 9.59 Å². The molecule has 1 unspecified atom stereocenters. The van der Waals surface area contributed by atoms with E-state index in [1.807, 2.05) is 0 Å². The predicted octanol–water partition coefficient (Wildman–Crippen LogP) is 2.40. The molecule has 0 radical (unpaired) electrons. The summed E-state index contributed by atoms with van der Waals surface area (Å²) in [7, 11) is 0. The summed E-state index contributed by atoms with van der Waals surface area (Å²) >= 11 is 0. The van der Waals surface area contributed by atoms with Crippen LogP contribution in [0.2, 0.25) is 0 Å². The minimum atomic E-state index is -1.54. The van der Waals surface area contributed by atoms with Gasteiger partial charge in [0, 0.05) is 5.56 Å². The van der Waals surface area contributed by atoms with Crippen molar-refractivity contribution < 1.29 is 19.4 Å². The van der Waals surface area contributed by atoms with Gasteiger partial charge >= 0.3 is 5.97 Å². The summed E-state index contributed by atoms with van der Waals surface area (Å²) in [5.74, 6) is -1.53. The molecule has 0 heterocycles. The van der Waals surface area contributed by atoms with Crippen LogP contribution in [0.4, 0.5) is 0 Å². The van der Waals surface area contributed by atoms with Gasteiger partial charge in [-0.3, -0.25) is 4.79 Å². The first-order chi connectivity index (χ1) is 9.18. The fourth-order valence-electron chi connectivity index (χ4n) is 1.61. The van der Waals surface area contributed by atoms with Gasteiger partial charge in [-0.05, 0) is 12.1 Å². The zero-order valence-corrected chi connectivity index (χ0v) is 10.0. The van der Waals surface area contributed by atoms with Gasteiger partial charge in [0.2, 0.25) is 5.78 Å². The van der Waals surface area contributed by atoms with Crippen LogP contribution in [0.5, 0.6) is 5.75 Å². The van der Waals surface area contributed by atoms with Crippen LogP contribution in [0.3, 0.4) is 0 Å². The third-order valence-electron chi connectivity index (χ3n) is 2.52. The van der Waals surface area contributed by atoms with Crippen LogP contribution >= 0.6 is 0 Å². The maximum atomic E-state index is 12.1. The largest absolute Gasteiger partial charge is 0.478 e. The standard InChI is InChI=1S/C15H12O4/c16-13(11-7-3-1-4-8-11)14(15(17)18)19-12-9-5-2-6-10-12/h1-10,14H,(H,17,18). The molecule has 0 aliphatic heterocycles. The van der Waals surface area contributed by atoms with E-state index in [0.29, 0.717) is 11.3 Å². The Balaban J connectivity index is 2.22. The van der Waals surface area contributed by atoms with E-state index in [2.05, 4.69) is 0 Å². The van der Waals surface area contributed by atoms with Crippen LogP contribution in [0.15, 0.2) is 60.7 Å². The lowest BCUT2D eigenvalue weighted by Crippen LogP contribution is -2.35. The third kappa shape index (κ3) is 3.19. The van der Waals surface area contributed by atoms with Gasteiger partial charge in [-0.25, -0.2) is 4.79 Å². The number of ketones is 1. The second kappa shape index (κ2) is 5.82. The van der Waals surface area contributed by atoms with E-state index in [0.717, 1.165) is 0 Å². The van der Waals surface area contributed by atoms with Crippen molar-refractivity contribution in [1.29, 1.82) is 0 Å². The van der Waals surface area contributed by atoms with E-state index >= 15 is 0 Å². The van der Waals surface area contributed by atoms with Gasteiger partial charge in [-0.1, -0.05) is 48.5 Å². The number of carboxylic acids is 1. The molecule has 1 atom stereocenters. The number of para-hydroxylation sites is 1. The number of carbonyl (C=O) groups is 2. The van der Waals surface area contributed by atoms with Crippen LogP contribution in [-0.4, -0.2) is 23.0 Å². The molecule has 0 fully saturated rings. The highest BCUT2D eigenvalue weighted by Gasteiger charge is 2.29. The zero-order chi connectivity index (χ0) is 13.7. The van der Waals surface area contributed by atoms with E-state index in [1.165, 1.54) is 0 Å². The number of hydrogen-bond donors (Lipinski definition) is 1. The Morgan fingerprint density at radius 2 is 1.42 bits per heavy atom. The van der Waals surface area contributed by atoms with Gasteiger partial charge in [0.1, 0.15) is 5.75 Å². The summed E-state index contributed by atoms with van der Waals surface area (Å²) in [6.07, 6.45) is -1.54. The molecule has 0 aliphatic rings. The van der Waals surface area contributed by atoms with Crippen molar-refractivity contribution in [2.45, 2.75) is 6.10 Å². The highest BCUT2D eigenvalue weighted by atomic mass is 16.5. The number of carboxylic acid groups (broad SMARTS) is 1. The second-order valence-electron chi connectivity index (χ2n) is 3.88. The molecule has 0 saturated carbocycles. The van der Waals surface area contributed by atoms with Gasteiger partial charge in [0.25, 0.3) is 6.10 Å². The van der Waals surface area contributed by atoms with Crippen molar-refractivity contribution in [3.63, 3.8) is 0 Å². The molecule has 2 aromatic carbocycles. The lowest BCUT2D eigenvalue weighted by atomic mass is 10.1. The molecule has 0 bridgehead atoms. The normalized spacial score (nSPS) is 11.6. The molecule has 0 aliphatic carbocycles. The molecule has 96 valence electrons. The molecule has 0 amide bonds. The number of benzene rings is 2. The number of rotatable bonds is 5. The van der Waals surface area contributed by atoms with E-state index < -0.39 is 17.9 Å². The van der Waals surface area contributed by atoms with Crippen LogP contribution in [-0.2, 0) is 4.79 Å². The SMILES string of the molecule is O=C(O)C(Oc1ccccc1)C(=O)c1ccccc1. The highest BCUT2D eigenvalue weighted by molar-refractivity contribution is 6.10. The molecule has 0 aromatic heterocycles. The fourth-order valence-corrected chi connectivity index (χ4v) is 1.61. The molecule has 1 N–H and O–H groups in total. The highest BCUT2D eigenvalue weighted by Crippen LogP contribution is 2.14. The molecule has 4 heteroatoms. The number of ether oxygens (including phenoxy) is 1. The van der Waals surface area contributed by atoms with Crippen LogP contribution in [0.1, 0.15) is 10.4 Å². The van der Waals surface area contributed by atoms with Crippen molar-refractivity contribution in [3.05, 3.63) is 66.2 Å². The summed E-state index contributed by atoms with van der Waals surface area (Å²) in [6, 6.07) is 16.6. The molecule has 4 nitrogen and oxygen atoms in total. The smallest absolute Gasteiger partial charge is 0.353 e. The van der Waals surface area contributed by atoms with Crippen LogP contribution < -0.4 is 4.74 Å². The van der Waals surface area contributed by atoms with Crippen molar-refractivity contribution in [2.75, 3.05) is 0 Å². The molecular weight excluding hydrogens is 244 g/mol. The summed E-state index contributed by atoms with van der Waals surface area (Å²) in [4.78, 5) is 23.3. The van der Waals surface area contributed by atoms with E-state index in [-0.39, 0.29) is 0 Å². The van der Waals surface area contributed by atoms with Crippen molar-refractivity contribution in [2.24, 2.45) is 0 Å². The van der Waals surface area contributed by atoms with Crippen molar-refractivity contribution in [3.8, 4) is 5.75 Å². The van der Waals surface area contributed by atoms with Crippen molar-refractivity contribution in [1.82, 2.24) is 0 Å². The first-order valence-electron chi connectivity index (χ1n) is 5.72.